The highest BCUT2D eigenvalue weighted by atomic mass is 32.2. The second-order valence-electron chi connectivity index (χ2n) is 10.8. The molecule has 0 bridgehead atoms. The number of nitrogens with zero attached hydrogens (tertiary/aromatic N) is 2. The van der Waals surface area contributed by atoms with E-state index in [1.54, 1.807) is 19.1 Å². The zero-order valence-corrected chi connectivity index (χ0v) is 24.5. The van der Waals surface area contributed by atoms with E-state index in [1.807, 2.05) is 31.2 Å². The number of fused-ring (bicyclic) bond motifs is 1. The molecule has 0 saturated heterocycles. The van der Waals surface area contributed by atoms with Crippen molar-refractivity contribution in [1.82, 2.24) is 4.98 Å². The molecular formula is C33H40N2O3S. The zero-order valence-electron chi connectivity index (χ0n) is 23.7. The standard InChI is InChI=1S/C33H40N2O3S/c1-5-7-10-16-27-29(17-11-8-6-2)35-32-28(31(27)26-14-12-9-13-15-26)20-21-33(32,23-34)38-39(36,37)30-19-18-24(3)22-25(30)4/h9,12-15,18-19,22H,5-8,10-11,16-17,20-21H2,1-4H3/t33-/m0/s1. The molecule has 0 spiro atoms. The van der Waals surface area contributed by atoms with Gasteiger partial charge in [0.25, 0.3) is 10.1 Å². The van der Waals surface area contributed by atoms with E-state index in [9.17, 15) is 13.7 Å². The van der Waals surface area contributed by atoms with E-state index in [4.69, 9.17) is 9.17 Å². The summed E-state index contributed by atoms with van der Waals surface area (Å²) in [6.45, 7) is 8.06. The van der Waals surface area contributed by atoms with E-state index in [0.717, 1.165) is 79.3 Å². The molecule has 1 heterocycles. The Hall–Kier alpha value is -3.01. The van der Waals surface area contributed by atoms with Crippen LogP contribution in [0.1, 0.15) is 92.4 Å². The first kappa shape index (κ1) is 29.0. The molecule has 0 unspecified atom stereocenters. The molecule has 1 aliphatic carbocycles. The lowest BCUT2D eigenvalue weighted by Crippen LogP contribution is -2.30. The van der Waals surface area contributed by atoms with Crippen LogP contribution in [0.4, 0.5) is 0 Å². The molecule has 0 fully saturated rings. The Morgan fingerprint density at radius 3 is 2.31 bits per heavy atom. The van der Waals surface area contributed by atoms with Gasteiger partial charge in [0.1, 0.15) is 6.07 Å². The van der Waals surface area contributed by atoms with Crippen LogP contribution in [0.2, 0.25) is 0 Å². The molecule has 2 aromatic carbocycles. The van der Waals surface area contributed by atoms with Crippen molar-refractivity contribution in [3.8, 4) is 17.2 Å². The van der Waals surface area contributed by atoms with Crippen LogP contribution in [-0.2, 0) is 39.2 Å². The molecule has 1 atom stereocenters. The van der Waals surface area contributed by atoms with Crippen LogP contribution in [0, 0.1) is 25.2 Å². The van der Waals surface area contributed by atoms with Crippen molar-refractivity contribution in [2.45, 2.75) is 102 Å². The topological polar surface area (TPSA) is 80.0 Å². The number of benzene rings is 2. The maximum atomic E-state index is 13.6. The lowest BCUT2D eigenvalue weighted by molar-refractivity contribution is 0.133. The maximum Gasteiger partial charge on any atom is 0.299 e. The Morgan fingerprint density at radius 2 is 1.67 bits per heavy atom. The van der Waals surface area contributed by atoms with Crippen LogP contribution >= 0.6 is 0 Å². The Balaban J connectivity index is 1.89. The van der Waals surface area contributed by atoms with Gasteiger partial charge in [0.2, 0.25) is 5.60 Å². The summed E-state index contributed by atoms with van der Waals surface area (Å²) in [5, 5.41) is 10.5. The molecule has 4 rings (SSSR count). The van der Waals surface area contributed by atoms with E-state index in [0.29, 0.717) is 17.7 Å². The molecule has 0 amide bonds. The highest BCUT2D eigenvalue weighted by Gasteiger charge is 2.48. The van der Waals surface area contributed by atoms with Gasteiger partial charge >= 0.3 is 0 Å². The number of hydrogen-bond donors (Lipinski definition) is 0. The average molecular weight is 545 g/mol. The largest absolute Gasteiger partial charge is 0.299 e. The van der Waals surface area contributed by atoms with E-state index in [1.165, 1.54) is 5.56 Å². The van der Waals surface area contributed by atoms with Gasteiger partial charge in [-0.25, -0.2) is 4.18 Å². The van der Waals surface area contributed by atoms with Gasteiger partial charge in [0.15, 0.2) is 0 Å². The van der Waals surface area contributed by atoms with Gasteiger partial charge in [-0.3, -0.25) is 4.98 Å². The lowest BCUT2D eigenvalue weighted by Gasteiger charge is -2.25. The molecule has 0 aliphatic heterocycles. The number of unbranched alkanes of at least 4 members (excludes halogenated alkanes) is 4. The van der Waals surface area contributed by atoms with Crippen molar-refractivity contribution in [2.75, 3.05) is 0 Å². The minimum atomic E-state index is -4.21. The highest BCUT2D eigenvalue weighted by Crippen LogP contribution is 2.46. The van der Waals surface area contributed by atoms with Gasteiger partial charge in [-0.2, -0.15) is 13.7 Å². The van der Waals surface area contributed by atoms with Gasteiger partial charge in [-0.15, -0.1) is 0 Å². The van der Waals surface area contributed by atoms with E-state index in [2.05, 4.69) is 32.0 Å². The Kier molecular flexibility index (Phi) is 9.25. The van der Waals surface area contributed by atoms with Gasteiger partial charge in [-0.05, 0) is 79.8 Å². The first-order valence-electron chi connectivity index (χ1n) is 14.3. The summed E-state index contributed by atoms with van der Waals surface area (Å²) in [6, 6.07) is 17.7. The van der Waals surface area contributed by atoms with Crippen LogP contribution in [0.25, 0.3) is 11.1 Å². The van der Waals surface area contributed by atoms with Crippen molar-refractivity contribution >= 4 is 10.1 Å². The van der Waals surface area contributed by atoms with Crippen molar-refractivity contribution in [3.63, 3.8) is 0 Å². The van der Waals surface area contributed by atoms with Crippen LogP contribution in [0.3, 0.4) is 0 Å². The van der Waals surface area contributed by atoms with Crippen LogP contribution in [0.15, 0.2) is 53.4 Å². The van der Waals surface area contributed by atoms with Crippen molar-refractivity contribution in [3.05, 3.63) is 82.2 Å². The number of nitriles is 1. The Bertz CT molecular complexity index is 1460. The average Bonchev–Trinajstić information content (AvgIpc) is 3.26. The quantitative estimate of drug-likeness (QED) is 0.171. The Morgan fingerprint density at radius 1 is 0.974 bits per heavy atom. The van der Waals surface area contributed by atoms with Crippen molar-refractivity contribution in [2.24, 2.45) is 0 Å². The zero-order chi connectivity index (χ0) is 28.0. The second-order valence-corrected chi connectivity index (χ2v) is 12.3. The molecular weight excluding hydrogens is 504 g/mol. The van der Waals surface area contributed by atoms with Gasteiger partial charge in [-0.1, -0.05) is 87.6 Å². The SMILES string of the molecule is CCCCCc1nc2c(c(-c3ccccc3)c1CCCCC)CC[C@@]2(C#N)OS(=O)(=O)c1ccc(C)cc1C. The summed E-state index contributed by atoms with van der Waals surface area (Å²) in [6.07, 6.45) is 9.04. The predicted molar refractivity (Wildman–Crippen MR) is 156 cm³/mol. The monoisotopic (exact) mass is 544 g/mol. The molecule has 1 aliphatic rings. The maximum absolute atomic E-state index is 13.6. The molecule has 0 saturated carbocycles. The van der Waals surface area contributed by atoms with E-state index in [-0.39, 0.29) is 11.3 Å². The van der Waals surface area contributed by atoms with Crippen LogP contribution in [0.5, 0.6) is 0 Å². The second kappa shape index (κ2) is 12.4. The minimum absolute atomic E-state index is 0.0961. The van der Waals surface area contributed by atoms with Gasteiger partial charge in [0, 0.05) is 12.1 Å². The number of aryl methyl sites for hydroxylation is 3. The third-order valence-electron chi connectivity index (χ3n) is 7.74. The normalized spacial score (nSPS) is 16.7. The molecule has 3 aromatic rings. The minimum Gasteiger partial charge on any atom is -0.253 e. The Labute approximate surface area is 234 Å². The summed E-state index contributed by atoms with van der Waals surface area (Å²) in [4.78, 5) is 5.21. The fourth-order valence-corrected chi connectivity index (χ4v) is 7.11. The fraction of sp³-hybridized carbons (Fsp3) is 0.455. The first-order valence-corrected chi connectivity index (χ1v) is 15.7. The molecule has 0 N–H and O–H groups in total. The summed E-state index contributed by atoms with van der Waals surface area (Å²) >= 11 is 0. The van der Waals surface area contributed by atoms with Gasteiger partial charge in [0.05, 0.1) is 10.6 Å². The molecule has 5 nitrogen and oxygen atoms in total. The van der Waals surface area contributed by atoms with Crippen LogP contribution in [-0.4, -0.2) is 13.4 Å². The predicted octanol–water partition coefficient (Wildman–Crippen LogP) is 7.90. The number of pyridine rings is 1. The van der Waals surface area contributed by atoms with Crippen molar-refractivity contribution in [1.29, 1.82) is 5.26 Å². The van der Waals surface area contributed by atoms with Crippen molar-refractivity contribution < 1.29 is 12.6 Å². The first-order chi connectivity index (χ1) is 18.8. The summed E-state index contributed by atoms with van der Waals surface area (Å²) in [7, 11) is -4.21. The van der Waals surface area contributed by atoms with E-state index >= 15 is 0 Å². The molecule has 39 heavy (non-hydrogen) atoms. The van der Waals surface area contributed by atoms with E-state index < -0.39 is 15.7 Å². The van der Waals surface area contributed by atoms with Gasteiger partial charge < -0.3 is 0 Å². The third-order valence-corrected chi connectivity index (χ3v) is 9.24. The highest BCUT2D eigenvalue weighted by molar-refractivity contribution is 7.86. The summed E-state index contributed by atoms with van der Waals surface area (Å²) < 4.78 is 33.1. The molecule has 0 radical (unpaired) electrons. The smallest absolute Gasteiger partial charge is 0.253 e. The number of hydrogen-bond acceptors (Lipinski definition) is 5. The number of aromatic nitrogens is 1. The molecule has 206 valence electrons. The van der Waals surface area contributed by atoms with Crippen LogP contribution < -0.4 is 0 Å². The number of rotatable bonds is 12. The molecule has 6 heteroatoms. The lowest BCUT2D eigenvalue weighted by atomic mass is 9.88. The summed E-state index contributed by atoms with van der Waals surface area (Å²) in [5.74, 6) is 0. The fourth-order valence-electron chi connectivity index (χ4n) is 5.76. The summed E-state index contributed by atoms with van der Waals surface area (Å²) in [5.41, 5.74) is 5.77. The molecule has 1 aromatic heterocycles. The third kappa shape index (κ3) is 6.10.